The lowest BCUT2D eigenvalue weighted by atomic mass is 9.94. The highest BCUT2D eigenvalue weighted by Crippen LogP contribution is 2.32. The molecule has 0 aliphatic rings. The van der Waals surface area contributed by atoms with Crippen LogP contribution in [-0.4, -0.2) is 23.5 Å². The van der Waals surface area contributed by atoms with E-state index in [-0.39, 0.29) is 6.54 Å². The van der Waals surface area contributed by atoms with Crippen molar-refractivity contribution in [2.24, 2.45) is 5.73 Å². The number of hydrogen-bond acceptors (Lipinski definition) is 5. The van der Waals surface area contributed by atoms with Gasteiger partial charge in [0.15, 0.2) is 0 Å². The monoisotopic (exact) mass is 280 g/mol. The number of carbonyl (C=O) groups is 2. The molecule has 0 aliphatic carbocycles. The van der Waals surface area contributed by atoms with Crippen molar-refractivity contribution in [3.63, 3.8) is 0 Å². The second kappa shape index (κ2) is 5.25. The first-order valence-corrected chi connectivity index (χ1v) is 6.28. The molecule has 100 valence electrons. The number of aliphatic hydroxyl groups is 1. The zero-order valence-corrected chi connectivity index (χ0v) is 10.6. The molecular weight excluding hydrogens is 268 g/mol. The molecule has 1 atom stereocenters. The van der Waals surface area contributed by atoms with Gasteiger partial charge in [-0.2, -0.15) is 0 Å². The highest BCUT2D eigenvalue weighted by molar-refractivity contribution is 7.10. The Balaban J connectivity index is 2.26. The number of carbonyl (C=O) groups excluding carboxylic acids is 2. The van der Waals surface area contributed by atoms with Crippen LogP contribution in [0.3, 0.4) is 0 Å². The Labute approximate surface area is 112 Å². The van der Waals surface area contributed by atoms with Gasteiger partial charge in [-0.3, -0.25) is 9.59 Å². The maximum atomic E-state index is 11.2. The van der Waals surface area contributed by atoms with Gasteiger partial charge in [-0.1, -0.05) is 6.07 Å². The molecule has 2 aromatic heterocycles. The quantitative estimate of drug-likeness (QED) is 0.694. The number of thiophene rings is 1. The van der Waals surface area contributed by atoms with Gasteiger partial charge in [0.1, 0.15) is 5.60 Å². The topological polar surface area (TPSA) is 106 Å². The van der Waals surface area contributed by atoms with Gasteiger partial charge < -0.3 is 20.6 Å². The minimum Gasteiger partial charge on any atom is -0.472 e. The van der Waals surface area contributed by atoms with Crippen LogP contribution < -0.4 is 11.1 Å². The smallest absolute Gasteiger partial charge is 0.309 e. The van der Waals surface area contributed by atoms with Gasteiger partial charge in [0.25, 0.3) is 0 Å². The minimum absolute atomic E-state index is 0.172. The summed E-state index contributed by atoms with van der Waals surface area (Å²) in [5.74, 6) is -2.04. The van der Waals surface area contributed by atoms with Crippen molar-refractivity contribution in [3.05, 3.63) is 46.5 Å². The van der Waals surface area contributed by atoms with Crippen molar-refractivity contribution in [2.75, 3.05) is 6.54 Å². The molecule has 0 unspecified atom stereocenters. The summed E-state index contributed by atoms with van der Waals surface area (Å²) >= 11 is 1.33. The van der Waals surface area contributed by atoms with Crippen molar-refractivity contribution >= 4 is 23.2 Å². The van der Waals surface area contributed by atoms with E-state index in [2.05, 4.69) is 5.32 Å². The largest absolute Gasteiger partial charge is 0.472 e. The number of nitrogens with one attached hydrogen (secondary N) is 1. The van der Waals surface area contributed by atoms with Gasteiger partial charge in [-0.15, -0.1) is 11.3 Å². The summed E-state index contributed by atoms with van der Waals surface area (Å²) in [5.41, 5.74) is 3.89. The van der Waals surface area contributed by atoms with Crippen LogP contribution in [0.2, 0.25) is 0 Å². The van der Waals surface area contributed by atoms with Crippen molar-refractivity contribution in [2.45, 2.75) is 5.60 Å². The van der Waals surface area contributed by atoms with E-state index in [0.29, 0.717) is 10.4 Å². The summed E-state index contributed by atoms with van der Waals surface area (Å²) < 4.78 is 4.95. The molecule has 2 aromatic rings. The first-order valence-electron chi connectivity index (χ1n) is 5.40. The maximum Gasteiger partial charge on any atom is 0.309 e. The molecule has 0 fully saturated rings. The lowest BCUT2D eigenvalue weighted by Gasteiger charge is -2.26. The Morgan fingerprint density at radius 1 is 1.47 bits per heavy atom. The van der Waals surface area contributed by atoms with E-state index in [1.165, 1.54) is 23.9 Å². The van der Waals surface area contributed by atoms with Gasteiger partial charge in [0.2, 0.25) is 0 Å². The van der Waals surface area contributed by atoms with Crippen molar-refractivity contribution in [1.82, 2.24) is 5.32 Å². The predicted octanol–water partition coefficient (Wildman–Crippen LogP) is 0.179. The zero-order chi connectivity index (χ0) is 13.9. The third-order valence-electron chi connectivity index (χ3n) is 2.66. The first-order chi connectivity index (χ1) is 9.04. The van der Waals surface area contributed by atoms with E-state index >= 15 is 0 Å². The summed E-state index contributed by atoms with van der Waals surface area (Å²) in [7, 11) is 0. The molecule has 2 rings (SSSR count). The van der Waals surface area contributed by atoms with Crippen molar-refractivity contribution in [1.29, 1.82) is 0 Å². The van der Waals surface area contributed by atoms with E-state index in [1.807, 2.05) is 0 Å². The van der Waals surface area contributed by atoms with Crippen LogP contribution in [0.25, 0.3) is 0 Å². The molecule has 0 spiro atoms. The molecular formula is C12H12N2O4S. The fourth-order valence-electron chi connectivity index (χ4n) is 1.64. The summed E-state index contributed by atoms with van der Waals surface area (Å²) in [4.78, 5) is 22.5. The normalized spacial score (nSPS) is 13.7. The van der Waals surface area contributed by atoms with E-state index in [0.717, 1.165) is 0 Å². The minimum atomic E-state index is -1.45. The Bertz CT molecular complexity index is 528. The van der Waals surface area contributed by atoms with E-state index in [1.54, 1.807) is 23.6 Å². The molecule has 19 heavy (non-hydrogen) atoms. The second-order valence-electron chi connectivity index (χ2n) is 3.90. The fraction of sp³-hybridized carbons (Fsp3) is 0.167. The Morgan fingerprint density at radius 2 is 2.26 bits per heavy atom. The molecule has 0 saturated heterocycles. The average Bonchev–Trinajstić information content (AvgIpc) is 3.06. The number of primary amides is 1. The molecule has 4 N–H and O–H groups in total. The van der Waals surface area contributed by atoms with E-state index < -0.39 is 17.4 Å². The first kappa shape index (κ1) is 13.3. The van der Waals surface area contributed by atoms with Crippen molar-refractivity contribution < 1.29 is 19.1 Å². The predicted molar refractivity (Wildman–Crippen MR) is 68.2 cm³/mol. The fourth-order valence-corrected chi connectivity index (χ4v) is 2.49. The Hall–Kier alpha value is -2.12. The maximum absolute atomic E-state index is 11.2. The number of amides is 2. The van der Waals surface area contributed by atoms with Crippen LogP contribution in [0.1, 0.15) is 10.4 Å². The summed E-state index contributed by atoms with van der Waals surface area (Å²) in [6.45, 7) is -0.172. The number of hydrogen-bond donors (Lipinski definition) is 3. The standard InChI is InChI=1S/C12H12N2O4S/c13-10(15)11(16)14-7-12(17,8-3-4-18-6-8)9-2-1-5-19-9/h1-6,17H,7H2,(H2,13,15)(H,14,16)/t12-/m1/s1. The van der Waals surface area contributed by atoms with Gasteiger partial charge in [0, 0.05) is 10.4 Å². The summed E-state index contributed by atoms with van der Waals surface area (Å²) in [6.07, 6.45) is 2.81. The molecule has 6 nitrogen and oxygen atoms in total. The third kappa shape index (κ3) is 2.67. The lowest BCUT2D eigenvalue weighted by molar-refractivity contribution is -0.137. The highest BCUT2D eigenvalue weighted by atomic mass is 32.1. The molecule has 7 heteroatoms. The molecule has 0 radical (unpaired) electrons. The SMILES string of the molecule is NC(=O)C(=O)NC[C@@](O)(c1ccoc1)c1cccs1. The second-order valence-corrected chi connectivity index (χ2v) is 4.84. The van der Waals surface area contributed by atoms with Gasteiger partial charge in [-0.25, -0.2) is 0 Å². The van der Waals surface area contributed by atoms with Gasteiger partial charge >= 0.3 is 11.8 Å². The Kier molecular flexibility index (Phi) is 3.68. The molecule has 0 aliphatic heterocycles. The lowest BCUT2D eigenvalue weighted by Crippen LogP contribution is -2.45. The Morgan fingerprint density at radius 3 is 2.79 bits per heavy atom. The summed E-state index contributed by atoms with van der Waals surface area (Å²) in [6, 6.07) is 5.10. The molecule has 0 aromatic carbocycles. The molecule has 0 bridgehead atoms. The van der Waals surface area contributed by atoms with Crippen LogP contribution in [0.4, 0.5) is 0 Å². The van der Waals surface area contributed by atoms with Crippen LogP contribution in [0, 0.1) is 0 Å². The average molecular weight is 280 g/mol. The van der Waals surface area contributed by atoms with Gasteiger partial charge in [0.05, 0.1) is 19.1 Å². The number of nitrogens with two attached hydrogens (primary N) is 1. The number of rotatable bonds is 4. The zero-order valence-electron chi connectivity index (χ0n) is 9.83. The number of furan rings is 1. The van der Waals surface area contributed by atoms with Gasteiger partial charge in [-0.05, 0) is 17.5 Å². The molecule has 2 heterocycles. The van der Waals surface area contributed by atoms with E-state index in [4.69, 9.17) is 10.2 Å². The highest BCUT2D eigenvalue weighted by Gasteiger charge is 2.34. The van der Waals surface area contributed by atoms with Crippen LogP contribution in [0.5, 0.6) is 0 Å². The third-order valence-corrected chi connectivity index (χ3v) is 3.68. The van der Waals surface area contributed by atoms with E-state index in [9.17, 15) is 14.7 Å². The van der Waals surface area contributed by atoms with Crippen molar-refractivity contribution in [3.8, 4) is 0 Å². The molecule has 2 amide bonds. The van der Waals surface area contributed by atoms with Crippen LogP contribution >= 0.6 is 11.3 Å². The van der Waals surface area contributed by atoms with Crippen LogP contribution in [-0.2, 0) is 15.2 Å². The van der Waals surface area contributed by atoms with Crippen LogP contribution in [0.15, 0.2) is 40.5 Å². The molecule has 0 saturated carbocycles. The summed E-state index contributed by atoms with van der Waals surface area (Å²) in [5, 5.41) is 14.8.